The Morgan fingerprint density at radius 2 is 1.94 bits per heavy atom. The SMILES string of the molecule is CCN1C[C@]2(C)CC[C@H](OC)[C@@]34[C@@H]5C[C@H]6[C@H](O)[C@@H]5[C@](OC)(C[C@@H]6OC)[C@@H]([C@H](OC(C)=O)[C@H]23)[C@@H]14. The van der Waals surface area contributed by atoms with Gasteiger partial charge in [-0.1, -0.05) is 13.8 Å². The molecule has 7 heteroatoms. The molecule has 0 aromatic rings. The Bertz CT molecular complexity index is 838. The van der Waals surface area contributed by atoms with E-state index in [1.165, 1.54) is 6.92 Å². The summed E-state index contributed by atoms with van der Waals surface area (Å²) in [4.78, 5) is 15.2. The number of fused-ring (bicyclic) bond motifs is 2. The zero-order valence-corrected chi connectivity index (χ0v) is 21.0. The molecule has 1 aliphatic heterocycles. The molecule has 0 radical (unpaired) electrons. The number of nitrogens with zero attached hydrogens (tertiary/aromatic N) is 1. The number of hydrogen-bond acceptors (Lipinski definition) is 7. The van der Waals surface area contributed by atoms with Crippen LogP contribution >= 0.6 is 0 Å². The Morgan fingerprint density at radius 1 is 1.18 bits per heavy atom. The highest BCUT2D eigenvalue weighted by Crippen LogP contribution is 2.79. The molecule has 0 aromatic heterocycles. The van der Waals surface area contributed by atoms with Crippen LogP contribution in [-0.4, -0.2) is 86.5 Å². The summed E-state index contributed by atoms with van der Waals surface area (Å²) in [6.07, 6.45) is 3.09. The summed E-state index contributed by atoms with van der Waals surface area (Å²) in [6.45, 7) is 8.17. The van der Waals surface area contributed by atoms with Gasteiger partial charge < -0.3 is 24.1 Å². The van der Waals surface area contributed by atoms with Crippen LogP contribution in [0, 0.1) is 40.4 Å². The number of aliphatic hydroxyl groups excluding tert-OH is 1. The molecule has 5 saturated carbocycles. The summed E-state index contributed by atoms with van der Waals surface area (Å²) in [5.41, 5.74) is -0.707. The molecule has 7 bridgehead atoms. The van der Waals surface area contributed by atoms with E-state index in [1.54, 1.807) is 14.2 Å². The summed E-state index contributed by atoms with van der Waals surface area (Å²) in [6, 6.07) is 0.206. The van der Waals surface area contributed by atoms with Gasteiger partial charge in [-0.25, -0.2) is 0 Å². The van der Waals surface area contributed by atoms with Gasteiger partial charge in [-0.2, -0.15) is 0 Å². The van der Waals surface area contributed by atoms with Crippen LogP contribution in [0.15, 0.2) is 0 Å². The number of ether oxygens (including phenoxy) is 4. The molecule has 0 aromatic carbocycles. The maximum atomic E-state index is 12.5. The third kappa shape index (κ3) is 2.37. The molecule has 6 aliphatic rings. The molecule has 1 N–H and O–H groups in total. The van der Waals surface area contributed by atoms with Crippen molar-refractivity contribution in [2.24, 2.45) is 40.4 Å². The van der Waals surface area contributed by atoms with Gasteiger partial charge in [0.1, 0.15) is 6.10 Å². The van der Waals surface area contributed by atoms with Crippen LogP contribution in [0.3, 0.4) is 0 Å². The third-order valence-corrected chi connectivity index (χ3v) is 11.5. The van der Waals surface area contributed by atoms with Gasteiger partial charge in [0, 0.05) is 76.3 Å². The molecule has 5 aliphatic carbocycles. The fourth-order valence-corrected chi connectivity index (χ4v) is 11.1. The van der Waals surface area contributed by atoms with Crippen molar-refractivity contribution in [1.29, 1.82) is 0 Å². The normalized spacial score (nSPS) is 58.4. The lowest BCUT2D eigenvalue weighted by Crippen LogP contribution is -2.76. The highest BCUT2D eigenvalue weighted by atomic mass is 16.6. The second-order valence-corrected chi connectivity index (χ2v) is 12.2. The lowest BCUT2D eigenvalue weighted by atomic mass is 9.43. The van der Waals surface area contributed by atoms with E-state index in [0.29, 0.717) is 0 Å². The van der Waals surface area contributed by atoms with Crippen LogP contribution in [0.25, 0.3) is 0 Å². The predicted molar refractivity (Wildman–Crippen MR) is 120 cm³/mol. The van der Waals surface area contributed by atoms with E-state index in [-0.39, 0.29) is 70.7 Å². The van der Waals surface area contributed by atoms with Gasteiger partial charge in [0.2, 0.25) is 0 Å². The predicted octanol–water partition coefficient (Wildman–Crippen LogP) is 2.10. The molecule has 1 spiro atoms. The molecular formula is C26H41NO6. The van der Waals surface area contributed by atoms with Gasteiger partial charge in [-0.15, -0.1) is 0 Å². The number of esters is 1. The van der Waals surface area contributed by atoms with E-state index in [0.717, 1.165) is 38.8 Å². The molecule has 186 valence electrons. The number of rotatable bonds is 5. The number of hydrogen-bond donors (Lipinski definition) is 1. The second kappa shape index (κ2) is 7.16. The summed E-state index contributed by atoms with van der Waals surface area (Å²) in [5.74, 6) is 0.364. The van der Waals surface area contributed by atoms with E-state index in [4.69, 9.17) is 18.9 Å². The summed E-state index contributed by atoms with van der Waals surface area (Å²) in [7, 11) is 5.42. The van der Waals surface area contributed by atoms with Gasteiger partial charge in [0.05, 0.1) is 23.9 Å². The van der Waals surface area contributed by atoms with Crippen molar-refractivity contribution in [3.63, 3.8) is 0 Å². The average Bonchev–Trinajstić information content (AvgIpc) is 3.17. The summed E-state index contributed by atoms with van der Waals surface area (Å²) >= 11 is 0. The Kier molecular flexibility index (Phi) is 4.93. The van der Waals surface area contributed by atoms with Crippen LogP contribution in [0.1, 0.15) is 46.5 Å². The minimum Gasteiger partial charge on any atom is -0.462 e. The molecule has 0 amide bonds. The maximum absolute atomic E-state index is 12.5. The summed E-state index contributed by atoms with van der Waals surface area (Å²) < 4.78 is 25.3. The van der Waals surface area contributed by atoms with Crippen LogP contribution in [0.2, 0.25) is 0 Å². The fourth-order valence-electron chi connectivity index (χ4n) is 11.1. The zero-order chi connectivity index (χ0) is 23.5. The Labute approximate surface area is 197 Å². The molecule has 7 nitrogen and oxygen atoms in total. The fraction of sp³-hybridized carbons (Fsp3) is 0.962. The standard InChI is InChI=1S/C26H41NO6/c1-7-27-12-24(3)9-8-17(31-5)26-15-10-14-16(30-4)11-25(32-6,18(15)20(14)29)19(23(26)27)21(22(24)26)33-13(2)28/h14-23,29H,7-12H2,1-6H3/t14-,15-,16+,17+,18-,19+,20+,21+,22-,23-,24+,25-,26+/m1/s1. The van der Waals surface area contributed by atoms with E-state index < -0.39 is 11.7 Å². The lowest BCUT2D eigenvalue weighted by Gasteiger charge is -2.69. The van der Waals surface area contributed by atoms with Crippen molar-refractivity contribution in [3.05, 3.63) is 0 Å². The highest BCUT2D eigenvalue weighted by molar-refractivity contribution is 5.66. The van der Waals surface area contributed by atoms with E-state index in [2.05, 4.69) is 18.7 Å². The molecule has 1 saturated heterocycles. The van der Waals surface area contributed by atoms with E-state index in [1.807, 2.05) is 7.11 Å². The van der Waals surface area contributed by atoms with Gasteiger partial charge >= 0.3 is 5.97 Å². The summed E-state index contributed by atoms with van der Waals surface area (Å²) in [5, 5.41) is 11.7. The number of piperidine rings is 1. The van der Waals surface area contributed by atoms with Gasteiger partial charge in [0.15, 0.2) is 0 Å². The number of likely N-dealkylation sites (tertiary alicyclic amines) is 1. The first-order valence-electron chi connectivity index (χ1n) is 12.9. The van der Waals surface area contributed by atoms with Crippen LogP contribution in [-0.2, 0) is 23.7 Å². The first-order valence-corrected chi connectivity index (χ1v) is 12.9. The third-order valence-electron chi connectivity index (χ3n) is 11.5. The van der Waals surface area contributed by atoms with Gasteiger partial charge in [0.25, 0.3) is 0 Å². The number of methoxy groups -OCH3 is 3. The second-order valence-electron chi connectivity index (χ2n) is 12.2. The Hall–Kier alpha value is -0.730. The van der Waals surface area contributed by atoms with Crippen LogP contribution in [0.5, 0.6) is 0 Å². The first kappa shape index (κ1) is 22.7. The molecule has 6 rings (SSSR count). The Morgan fingerprint density at radius 3 is 2.55 bits per heavy atom. The van der Waals surface area contributed by atoms with Crippen molar-refractivity contribution in [2.45, 2.75) is 82.5 Å². The monoisotopic (exact) mass is 463 g/mol. The molecule has 33 heavy (non-hydrogen) atoms. The Balaban J connectivity index is 1.65. The maximum Gasteiger partial charge on any atom is 0.302 e. The number of carbonyl (C=O) groups excluding carboxylic acids is 1. The van der Waals surface area contributed by atoms with Crippen molar-refractivity contribution in [3.8, 4) is 0 Å². The molecule has 0 unspecified atom stereocenters. The van der Waals surface area contributed by atoms with Gasteiger partial charge in [-0.3, -0.25) is 9.69 Å². The lowest BCUT2D eigenvalue weighted by molar-refractivity contribution is -0.276. The topological polar surface area (TPSA) is 77.5 Å². The minimum atomic E-state index is -0.581. The van der Waals surface area contributed by atoms with Crippen molar-refractivity contribution < 1.29 is 28.8 Å². The smallest absolute Gasteiger partial charge is 0.302 e. The molecule has 6 fully saturated rings. The first-order chi connectivity index (χ1) is 15.7. The molecular weight excluding hydrogens is 422 g/mol. The number of aliphatic hydroxyl groups is 1. The molecule has 1 heterocycles. The number of carbonyl (C=O) groups is 1. The van der Waals surface area contributed by atoms with Crippen molar-refractivity contribution in [1.82, 2.24) is 4.90 Å². The van der Waals surface area contributed by atoms with Crippen molar-refractivity contribution in [2.75, 3.05) is 34.4 Å². The average molecular weight is 464 g/mol. The highest BCUT2D eigenvalue weighted by Gasteiger charge is 2.86. The van der Waals surface area contributed by atoms with E-state index >= 15 is 0 Å². The largest absolute Gasteiger partial charge is 0.462 e. The zero-order valence-electron chi connectivity index (χ0n) is 21.0. The molecule has 13 atom stereocenters. The minimum absolute atomic E-state index is 0.0125. The van der Waals surface area contributed by atoms with Crippen LogP contribution < -0.4 is 0 Å². The van der Waals surface area contributed by atoms with Crippen molar-refractivity contribution >= 4 is 5.97 Å². The quantitative estimate of drug-likeness (QED) is 0.626. The van der Waals surface area contributed by atoms with E-state index in [9.17, 15) is 9.90 Å². The van der Waals surface area contributed by atoms with Crippen LogP contribution in [0.4, 0.5) is 0 Å². The van der Waals surface area contributed by atoms with Gasteiger partial charge in [-0.05, 0) is 37.1 Å².